The van der Waals surface area contributed by atoms with Gasteiger partial charge in [-0.25, -0.2) is 8.78 Å². The first-order valence-corrected chi connectivity index (χ1v) is 8.59. The number of hydrogen-bond donors (Lipinski definition) is 1. The standard InChI is InChI=1S/C20H20F2N2O.ClH/c1-12-6-16(21)3-5-17(12)18-4-2-13(7-19(18)22)20(25)24-10-14-8-23-9-15(14)11-24;/h2-7,14-15,23H,8-11H2,1H3;1H/t14-,15+;. The lowest BCUT2D eigenvalue weighted by Gasteiger charge is -2.18. The molecule has 2 aliphatic heterocycles. The summed E-state index contributed by atoms with van der Waals surface area (Å²) in [5.41, 5.74) is 2.06. The first-order valence-electron chi connectivity index (χ1n) is 8.59. The monoisotopic (exact) mass is 378 g/mol. The third-order valence-electron chi connectivity index (χ3n) is 5.37. The zero-order valence-electron chi connectivity index (χ0n) is 14.5. The molecule has 0 unspecified atom stereocenters. The highest BCUT2D eigenvalue weighted by Gasteiger charge is 2.38. The summed E-state index contributed by atoms with van der Waals surface area (Å²) in [7, 11) is 0. The molecule has 1 amide bonds. The van der Waals surface area contributed by atoms with Gasteiger partial charge >= 0.3 is 0 Å². The summed E-state index contributed by atoms with van der Waals surface area (Å²) in [6, 6.07) is 8.84. The second kappa shape index (κ2) is 7.33. The molecule has 0 radical (unpaired) electrons. The first-order chi connectivity index (χ1) is 12.0. The van der Waals surface area contributed by atoms with E-state index in [1.807, 2.05) is 4.90 Å². The van der Waals surface area contributed by atoms with Crippen LogP contribution in [0.1, 0.15) is 15.9 Å². The number of rotatable bonds is 2. The van der Waals surface area contributed by atoms with Crippen LogP contribution in [0.15, 0.2) is 36.4 Å². The Hall–Kier alpha value is -1.98. The minimum absolute atomic E-state index is 0. The lowest BCUT2D eigenvalue weighted by Crippen LogP contribution is -2.31. The maximum atomic E-state index is 14.6. The molecular weight excluding hydrogens is 358 g/mol. The SMILES string of the molecule is Cc1cc(F)ccc1-c1ccc(C(=O)N2C[C@H]3CNC[C@H]3C2)cc1F.Cl. The molecule has 6 heteroatoms. The van der Waals surface area contributed by atoms with Crippen LogP contribution in [0, 0.1) is 30.4 Å². The summed E-state index contributed by atoms with van der Waals surface area (Å²) in [6.07, 6.45) is 0. The average molecular weight is 379 g/mol. The molecular formula is C20H21ClF2N2O. The number of likely N-dealkylation sites (tertiary alicyclic amines) is 1. The molecule has 4 rings (SSSR count). The smallest absolute Gasteiger partial charge is 0.253 e. The van der Waals surface area contributed by atoms with E-state index < -0.39 is 5.82 Å². The number of halogens is 3. The first kappa shape index (κ1) is 18.8. The number of carbonyl (C=O) groups excluding carboxylic acids is 1. The summed E-state index contributed by atoms with van der Waals surface area (Å²) in [6.45, 7) is 5.11. The number of fused-ring (bicyclic) bond motifs is 1. The van der Waals surface area contributed by atoms with E-state index >= 15 is 0 Å². The topological polar surface area (TPSA) is 32.3 Å². The number of nitrogens with zero attached hydrogens (tertiary/aromatic N) is 1. The van der Waals surface area contributed by atoms with Gasteiger partial charge in [0.15, 0.2) is 0 Å². The van der Waals surface area contributed by atoms with Crippen molar-refractivity contribution in [2.75, 3.05) is 26.2 Å². The Bertz CT molecular complexity index is 831. The van der Waals surface area contributed by atoms with Gasteiger partial charge in [-0.15, -0.1) is 12.4 Å². The lowest BCUT2D eigenvalue weighted by molar-refractivity contribution is 0.0781. The fourth-order valence-electron chi connectivity index (χ4n) is 4.00. The molecule has 0 saturated carbocycles. The van der Waals surface area contributed by atoms with Crippen molar-refractivity contribution in [2.24, 2.45) is 11.8 Å². The van der Waals surface area contributed by atoms with Crippen LogP contribution < -0.4 is 5.32 Å². The predicted molar refractivity (Wildman–Crippen MR) is 99.5 cm³/mol. The van der Waals surface area contributed by atoms with Gasteiger partial charge in [-0.2, -0.15) is 0 Å². The molecule has 1 N–H and O–H groups in total. The summed E-state index contributed by atoms with van der Waals surface area (Å²) in [4.78, 5) is 14.5. The third-order valence-corrected chi connectivity index (χ3v) is 5.37. The van der Waals surface area contributed by atoms with Crippen LogP contribution in [0.25, 0.3) is 11.1 Å². The Kier molecular flexibility index (Phi) is 5.30. The zero-order chi connectivity index (χ0) is 17.6. The van der Waals surface area contributed by atoms with Gasteiger partial charge in [0.05, 0.1) is 0 Å². The van der Waals surface area contributed by atoms with Gasteiger partial charge in [-0.05, 0) is 54.2 Å². The van der Waals surface area contributed by atoms with Crippen LogP contribution in [-0.2, 0) is 0 Å². The quantitative estimate of drug-likeness (QED) is 0.865. The maximum absolute atomic E-state index is 14.6. The van der Waals surface area contributed by atoms with Crippen LogP contribution in [0.3, 0.4) is 0 Å². The third kappa shape index (κ3) is 3.33. The summed E-state index contributed by atoms with van der Waals surface area (Å²) in [5.74, 6) is 0.102. The molecule has 138 valence electrons. The van der Waals surface area contributed by atoms with E-state index in [1.54, 1.807) is 25.1 Å². The van der Waals surface area contributed by atoms with Gasteiger partial charge in [0.2, 0.25) is 0 Å². The van der Waals surface area contributed by atoms with Crippen molar-refractivity contribution in [3.05, 3.63) is 59.2 Å². The Morgan fingerprint density at radius 3 is 2.31 bits per heavy atom. The Balaban J connectivity index is 0.00000196. The van der Waals surface area contributed by atoms with Crippen LogP contribution in [0.4, 0.5) is 8.78 Å². The molecule has 0 aromatic heterocycles. The van der Waals surface area contributed by atoms with Crippen molar-refractivity contribution in [1.82, 2.24) is 10.2 Å². The number of nitrogens with one attached hydrogen (secondary N) is 1. The molecule has 2 aromatic rings. The van der Waals surface area contributed by atoms with Crippen molar-refractivity contribution in [1.29, 1.82) is 0 Å². The fraction of sp³-hybridized carbons (Fsp3) is 0.350. The Morgan fingerprint density at radius 2 is 1.69 bits per heavy atom. The zero-order valence-corrected chi connectivity index (χ0v) is 15.3. The number of amides is 1. The largest absolute Gasteiger partial charge is 0.338 e. The van der Waals surface area contributed by atoms with Crippen molar-refractivity contribution in [3.63, 3.8) is 0 Å². The summed E-state index contributed by atoms with van der Waals surface area (Å²) in [5, 5.41) is 3.34. The van der Waals surface area contributed by atoms with E-state index in [2.05, 4.69) is 5.32 Å². The molecule has 2 aliphatic rings. The Morgan fingerprint density at radius 1 is 1.04 bits per heavy atom. The minimum atomic E-state index is -0.457. The van der Waals surface area contributed by atoms with E-state index in [1.165, 1.54) is 18.2 Å². The normalized spacial score (nSPS) is 21.4. The van der Waals surface area contributed by atoms with Gasteiger partial charge in [-0.1, -0.05) is 12.1 Å². The number of benzene rings is 2. The fourth-order valence-corrected chi connectivity index (χ4v) is 4.00. The van der Waals surface area contributed by atoms with E-state index in [9.17, 15) is 13.6 Å². The number of carbonyl (C=O) groups is 1. The van der Waals surface area contributed by atoms with E-state index in [0.717, 1.165) is 26.2 Å². The van der Waals surface area contributed by atoms with Crippen molar-refractivity contribution in [2.45, 2.75) is 6.92 Å². The average Bonchev–Trinajstić information content (AvgIpc) is 3.16. The minimum Gasteiger partial charge on any atom is -0.338 e. The molecule has 2 saturated heterocycles. The van der Waals surface area contributed by atoms with E-state index in [4.69, 9.17) is 0 Å². The molecule has 2 aromatic carbocycles. The van der Waals surface area contributed by atoms with Crippen molar-refractivity contribution >= 4 is 18.3 Å². The van der Waals surface area contributed by atoms with Gasteiger partial charge in [-0.3, -0.25) is 4.79 Å². The molecule has 3 nitrogen and oxygen atoms in total. The number of aryl methyl sites for hydroxylation is 1. The van der Waals surface area contributed by atoms with E-state index in [-0.39, 0.29) is 24.1 Å². The van der Waals surface area contributed by atoms with Gasteiger partial charge < -0.3 is 10.2 Å². The molecule has 2 heterocycles. The molecule has 2 atom stereocenters. The van der Waals surface area contributed by atoms with E-state index in [0.29, 0.717) is 34.1 Å². The second-order valence-electron chi connectivity index (χ2n) is 7.04. The predicted octanol–water partition coefficient (Wildman–Crippen LogP) is 3.65. The van der Waals surface area contributed by atoms with Crippen molar-refractivity contribution in [3.8, 4) is 11.1 Å². The van der Waals surface area contributed by atoms with Gasteiger partial charge in [0.25, 0.3) is 5.91 Å². The molecule has 0 aliphatic carbocycles. The molecule has 26 heavy (non-hydrogen) atoms. The highest BCUT2D eigenvalue weighted by atomic mass is 35.5. The molecule has 0 bridgehead atoms. The van der Waals surface area contributed by atoms with Crippen molar-refractivity contribution < 1.29 is 13.6 Å². The summed E-state index contributed by atoms with van der Waals surface area (Å²) < 4.78 is 27.9. The summed E-state index contributed by atoms with van der Waals surface area (Å²) >= 11 is 0. The highest BCUT2D eigenvalue weighted by molar-refractivity contribution is 5.95. The van der Waals surface area contributed by atoms with Crippen LogP contribution in [0.5, 0.6) is 0 Å². The lowest BCUT2D eigenvalue weighted by atomic mass is 9.98. The van der Waals surface area contributed by atoms with Gasteiger partial charge in [0, 0.05) is 37.3 Å². The molecule has 2 fully saturated rings. The van der Waals surface area contributed by atoms with Gasteiger partial charge in [0.1, 0.15) is 11.6 Å². The van der Waals surface area contributed by atoms with Crippen LogP contribution in [-0.4, -0.2) is 37.0 Å². The molecule has 0 spiro atoms. The van der Waals surface area contributed by atoms with Crippen LogP contribution >= 0.6 is 12.4 Å². The Labute approximate surface area is 157 Å². The second-order valence-corrected chi connectivity index (χ2v) is 7.04. The number of hydrogen-bond acceptors (Lipinski definition) is 2. The highest BCUT2D eigenvalue weighted by Crippen LogP contribution is 2.30. The maximum Gasteiger partial charge on any atom is 0.253 e. The van der Waals surface area contributed by atoms with Crippen LogP contribution in [0.2, 0.25) is 0 Å².